The van der Waals surface area contributed by atoms with Gasteiger partial charge in [0.05, 0.1) is 25.5 Å². The number of methoxy groups -OCH3 is 2. The molecule has 1 heterocycles. The van der Waals surface area contributed by atoms with Crippen LogP contribution in [-0.4, -0.2) is 25.1 Å². The Morgan fingerprint density at radius 1 is 1.20 bits per heavy atom. The molecule has 108 valence electrons. The Morgan fingerprint density at radius 2 is 1.75 bits per heavy atom. The number of nitrogens with zero attached hydrogens (tertiary/aromatic N) is 1. The third kappa shape index (κ3) is 2.61. The fourth-order valence-corrected chi connectivity index (χ4v) is 1.98. The predicted molar refractivity (Wildman–Crippen MR) is 78.5 cm³/mol. The SMILES string of the molecule is COc1cc2c(C(N)=O)cnc(CN)c2cc1OC.Cl. The van der Waals surface area contributed by atoms with Crippen molar-refractivity contribution in [1.82, 2.24) is 4.98 Å². The molecule has 4 N–H and O–H groups in total. The normalized spacial score (nSPS) is 9.95. The van der Waals surface area contributed by atoms with Crippen LogP contribution in [0.5, 0.6) is 11.5 Å². The van der Waals surface area contributed by atoms with Crippen molar-refractivity contribution < 1.29 is 14.3 Å². The molecule has 1 aromatic heterocycles. The van der Waals surface area contributed by atoms with E-state index in [1.165, 1.54) is 20.4 Å². The van der Waals surface area contributed by atoms with Gasteiger partial charge in [-0.15, -0.1) is 12.4 Å². The first-order chi connectivity index (χ1) is 9.12. The summed E-state index contributed by atoms with van der Waals surface area (Å²) in [5, 5.41) is 1.39. The van der Waals surface area contributed by atoms with E-state index in [1.54, 1.807) is 12.1 Å². The van der Waals surface area contributed by atoms with Gasteiger partial charge in [-0.1, -0.05) is 0 Å². The Hall–Kier alpha value is -2.05. The highest BCUT2D eigenvalue weighted by Crippen LogP contribution is 2.34. The lowest BCUT2D eigenvalue weighted by Crippen LogP contribution is -2.13. The third-order valence-electron chi connectivity index (χ3n) is 2.93. The lowest BCUT2D eigenvalue weighted by Gasteiger charge is -2.12. The van der Waals surface area contributed by atoms with E-state index in [1.807, 2.05) is 0 Å². The van der Waals surface area contributed by atoms with Crippen molar-refractivity contribution >= 4 is 29.1 Å². The van der Waals surface area contributed by atoms with E-state index in [9.17, 15) is 4.79 Å². The Labute approximate surface area is 122 Å². The summed E-state index contributed by atoms with van der Waals surface area (Å²) in [7, 11) is 3.07. The molecule has 0 spiro atoms. The van der Waals surface area contributed by atoms with E-state index in [4.69, 9.17) is 20.9 Å². The summed E-state index contributed by atoms with van der Waals surface area (Å²) < 4.78 is 10.5. The number of nitrogens with two attached hydrogens (primary N) is 2. The Balaban J connectivity index is 0.00000200. The first-order valence-electron chi connectivity index (χ1n) is 5.65. The summed E-state index contributed by atoms with van der Waals surface area (Å²) in [6.45, 7) is 0.255. The van der Waals surface area contributed by atoms with Gasteiger partial charge in [0.25, 0.3) is 5.91 Å². The molecule has 0 saturated heterocycles. The van der Waals surface area contributed by atoms with E-state index in [2.05, 4.69) is 4.98 Å². The second-order valence-corrected chi connectivity index (χ2v) is 3.94. The summed E-state index contributed by atoms with van der Waals surface area (Å²) >= 11 is 0. The van der Waals surface area contributed by atoms with Crippen molar-refractivity contribution in [2.24, 2.45) is 11.5 Å². The van der Waals surface area contributed by atoms with Crippen LogP contribution in [0.1, 0.15) is 16.1 Å². The zero-order valence-electron chi connectivity index (χ0n) is 11.2. The van der Waals surface area contributed by atoms with Gasteiger partial charge < -0.3 is 20.9 Å². The molecule has 0 aliphatic rings. The van der Waals surface area contributed by atoms with Gasteiger partial charge in [0, 0.05) is 23.5 Å². The molecule has 0 fully saturated rings. The number of aromatic nitrogens is 1. The Kier molecular flexibility index (Phi) is 5.12. The number of benzene rings is 1. The van der Waals surface area contributed by atoms with Crippen LogP contribution in [0.2, 0.25) is 0 Å². The van der Waals surface area contributed by atoms with Crippen molar-refractivity contribution in [3.8, 4) is 11.5 Å². The number of ether oxygens (including phenoxy) is 2. The lowest BCUT2D eigenvalue weighted by molar-refractivity contribution is 0.100. The minimum atomic E-state index is -0.548. The Morgan fingerprint density at radius 3 is 2.20 bits per heavy atom. The molecular weight excluding hydrogens is 282 g/mol. The van der Waals surface area contributed by atoms with Gasteiger partial charge in [-0.2, -0.15) is 0 Å². The van der Waals surface area contributed by atoms with Gasteiger partial charge in [0.2, 0.25) is 0 Å². The zero-order chi connectivity index (χ0) is 14.0. The van der Waals surface area contributed by atoms with Crippen molar-refractivity contribution in [3.05, 3.63) is 29.6 Å². The molecule has 0 aliphatic carbocycles. The van der Waals surface area contributed by atoms with Crippen LogP contribution in [0.25, 0.3) is 10.8 Å². The van der Waals surface area contributed by atoms with Gasteiger partial charge in [-0.3, -0.25) is 9.78 Å². The van der Waals surface area contributed by atoms with Gasteiger partial charge in [0.15, 0.2) is 11.5 Å². The second kappa shape index (κ2) is 6.40. The van der Waals surface area contributed by atoms with Crippen molar-refractivity contribution in [2.75, 3.05) is 14.2 Å². The molecule has 0 atom stereocenters. The van der Waals surface area contributed by atoms with E-state index < -0.39 is 5.91 Å². The highest BCUT2D eigenvalue weighted by molar-refractivity contribution is 6.07. The molecule has 1 amide bonds. The molecular formula is C13H16ClN3O3. The van der Waals surface area contributed by atoms with Gasteiger partial charge in [-0.25, -0.2) is 0 Å². The van der Waals surface area contributed by atoms with Crippen LogP contribution in [-0.2, 0) is 6.54 Å². The highest BCUT2D eigenvalue weighted by Gasteiger charge is 2.15. The maximum Gasteiger partial charge on any atom is 0.250 e. The second-order valence-electron chi connectivity index (χ2n) is 3.94. The average molecular weight is 298 g/mol. The van der Waals surface area contributed by atoms with E-state index >= 15 is 0 Å². The molecule has 7 heteroatoms. The number of carbonyl (C=O) groups excluding carboxylic acids is 1. The standard InChI is InChI=1S/C13H15N3O3.ClH/c1-18-11-3-7-8(4-12(11)19-2)10(5-14)16-6-9(7)13(15)17;/h3-4,6H,5,14H2,1-2H3,(H2,15,17);1H. The number of hydrogen-bond donors (Lipinski definition) is 2. The van der Waals surface area contributed by atoms with Crippen LogP contribution in [0.4, 0.5) is 0 Å². The summed E-state index contributed by atoms with van der Waals surface area (Å²) in [4.78, 5) is 15.6. The monoisotopic (exact) mass is 297 g/mol. The molecule has 20 heavy (non-hydrogen) atoms. The number of amides is 1. The topological polar surface area (TPSA) is 100 Å². The predicted octanol–water partition coefficient (Wildman–Crippen LogP) is 1.23. The number of carbonyl (C=O) groups is 1. The first-order valence-corrected chi connectivity index (χ1v) is 5.65. The van der Waals surface area contributed by atoms with Crippen LogP contribution >= 0.6 is 12.4 Å². The average Bonchev–Trinajstić information content (AvgIpc) is 2.44. The summed E-state index contributed by atoms with van der Waals surface area (Å²) in [5.74, 6) is 0.521. The highest BCUT2D eigenvalue weighted by atomic mass is 35.5. The quantitative estimate of drug-likeness (QED) is 0.884. The smallest absolute Gasteiger partial charge is 0.250 e. The van der Waals surface area contributed by atoms with E-state index in [-0.39, 0.29) is 19.0 Å². The molecule has 0 radical (unpaired) electrons. The minimum absolute atomic E-state index is 0. The van der Waals surface area contributed by atoms with Crippen LogP contribution in [0, 0.1) is 0 Å². The number of halogens is 1. The largest absolute Gasteiger partial charge is 0.493 e. The summed E-state index contributed by atoms with van der Waals surface area (Å²) in [5.41, 5.74) is 12.0. The third-order valence-corrected chi connectivity index (χ3v) is 2.93. The van der Waals surface area contributed by atoms with E-state index in [0.29, 0.717) is 28.1 Å². The molecule has 0 unspecified atom stereocenters. The zero-order valence-corrected chi connectivity index (χ0v) is 12.0. The number of fused-ring (bicyclic) bond motifs is 1. The lowest BCUT2D eigenvalue weighted by atomic mass is 10.0. The van der Waals surface area contributed by atoms with Crippen molar-refractivity contribution in [2.45, 2.75) is 6.54 Å². The number of rotatable bonds is 4. The van der Waals surface area contributed by atoms with Crippen LogP contribution in [0.3, 0.4) is 0 Å². The van der Waals surface area contributed by atoms with Crippen LogP contribution < -0.4 is 20.9 Å². The molecule has 6 nitrogen and oxygen atoms in total. The molecule has 0 aliphatic heterocycles. The molecule has 0 bridgehead atoms. The minimum Gasteiger partial charge on any atom is -0.493 e. The van der Waals surface area contributed by atoms with Gasteiger partial charge in [0.1, 0.15) is 0 Å². The molecule has 0 saturated carbocycles. The fraction of sp³-hybridized carbons (Fsp3) is 0.231. The number of hydrogen-bond acceptors (Lipinski definition) is 5. The summed E-state index contributed by atoms with van der Waals surface area (Å²) in [6.07, 6.45) is 1.43. The van der Waals surface area contributed by atoms with Gasteiger partial charge >= 0.3 is 0 Å². The van der Waals surface area contributed by atoms with Crippen molar-refractivity contribution in [1.29, 1.82) is 0 Å². The molecule has 2 rings (SSSR count). The fourth-order valence-electron chi connectivity index (χ4n) is 1.98. The van der Waals surface area contributed by atoms with E-state index in [0.717, 1.165) is 5.39 Å². The molecule has 2 aromatic rings. The molecule has 1 aromatic carbocycles. The van der Waals surface area contributed by atoms with Crippen LogP contribution in [0.15, 0.2) is 18.3 Å². The first kappa shape index (κ1) is 16.0. The summed E-state index contributed by atoms with van der Waals surface area (Å²) in [6, 6.07) is 3.45. The van der Waals surface area contributed by atoms with Gasteiger partial charge in [-0.05, 0) is 12.1 Å². The van der Waals surface area contributed by atoms with Crippen molar-refractivity contribution in [3.63, 3.8) is 0 Å². The number of primary amides is 1. The number of pyridine rings is 1. The Bertz CT molecular complexity index is 646. The maximum absolute atomic E-state index is 11.4. The maximum atomic E-state index is 11.4.